The highest BCUT2D eigenvalue weighted by atomic mass is 16.5. The Hall–Kier alpha value is -8.41. The number of para-hydroxylation sites is 4. The molecule has 11 aromatic rings. The minimum atomic E-state index is -0.651. The highest BCUT2D eigenvalue weighted by Crippen LogP contribution is 2.63. The van der Waals surface area contributed by atoms with Gasteiger partial charge in [-0.2, -0.15) is 0 Å². The van der Waals surface area contributed by atoms with E-state index < -0.39 is 5.41 Å². The van der Waals surface area contributed by atoms with Crippen LogP contribution in [-0.2, 0) is 5.41 Å². The molecule has 0 saturated carbocycles. The fourth-order valence-corrected chi connectivity index (χ4v) is 10.3. The molecule has 0 amide bonds. The molecule has 13 rings (SSSR count). The lowest BCUT2D eigenvalue weighted by Crippen LogP contribution is -2.32. The van der Waals surface area contributed by atoms with Crippen LogP contribution in [-0.4, -0.2) is 19.5 Å². The lowest BCUT2D eigenvalue weighted by Gasteiger charge is -2.39. The number of benzene rings is 9. The summed E-state index contributed by atoms with van der Waals surface area (Å²) >= 11 is 0. The van der Waals surface area contributed by atoms with Gasteiger partial charge >= 0.3 is 0 Å². The molecule has 9 aromatic carbocycles. The van der Waals surface area contributed by atoms with Crippen molar-refractivity contribution >= 4 is 21.8 Å². The Balaban J connectivity index is 1.09. The van der Waals surface area contributed by atoms with Crippen LogP contribution in [0.25, 0.3) is 83.9 Å². The van der Waals surface area contributed by atoms with Gasteiger partial charge in [-0.3, -0.25) is 0 Å². The number of ether oxygens (including phenoxy) is 1. The number of aromatic nitrogens is 4. The van der Waals surface area contributed by atoms with E-state index in [4.69, 9.17) is 19.7 Å². The van der Waals surface area contributed by atoms with E-state index >= 15 is 0 Å². The van der Waals surface area contributed by atoms with Gasteiger partial charge in [0.2, 0.25) is 0 Å². The lowest BCUT2D eigenvalue weighted by molar-refractivity contribution is 0.436. The van der Waals surface area contributed by atoms with Crippen LogP contribution in [0.4, 0.5) is 0 Å². The number of hydrogen-bond donors (Lipinski definition) is 0. The summed E-state index contributed by atoms with van der Waals surface area (Å²) in [4.78, 5) is 15.4. The second kappa shape index (κ2) is 13.8. The van der Waals surface area contributed by atoms with Crippen LogP contribution < -0.4 is 4.74 Å². The molecular formula is C58H36N4O. The molecule has 5 heteroatoms. The molecule has 0 atom stereocenters. The average Bonchev–Trinajstić information content (AvgIpc) is 3.85. The lowest BCUT2D eigenvalue weighted by atomic mass is 9.66. The topological polar surface area (TPSA) is 52.8 Å². The van der Waals surface area contributed by atoms with E-state index in [1.54, 1.807) is 0 Å². The minimum Gasteiger partial charge on any atom is -0.457 e. The first-order valence-corrected chi connectivity index (χ1v) is 21.4. The van der Waals surface area contributed by atoms with Crippen LogP contribution in [0.1, 0.15) is 22.3 Å². The summed E-state index contributed by atoms with van der Waals surface area (Å²) in [6, 6.07) is 77.4. The van der Waals surface area contributed by atoms with Gasteiger partial charge in [0, 0.05) is 44.3 Å². The zero-order valence-electron chi connectivity index (χ0n) is 34.0. The Bertz CT molecular complexity index is 3490. The SMILES string of the molecule is c1ccc(-c2nc(-c3ccccc3)nc(-c3ccc4c(c3)-c3c(-c5ccc6c(c5)c5ccccc5n6-c5ccccc5)cccc3C43c4ccccc4Oc4ccccc43)n2)cc1. The van der Waals surface area contributed by atoms with Crippen LogP contribution >= 0.6 is 0 Å². The van der Waals surface area contributed by atoms with Crippen LogP contribution in [0.3, 0.4) is 0 Å². The molecule has 5 nitrogen and oxygen atoms in total. The molecule has 294 valence electrons. The van der Waals surface area contributed by atoms with Crippen LogP contribution in [0.15, 0.2) is 218 Å². The van der Waals surface area contributed by atoms with Gasteiger partial charge in [0.1, 0.15) is 11.5 Å². The molecular weight excluding hydrogens is 769 g/mol. The molecule has 1 aliphatic carbocycles. The Kier molecular flexibility index (Phi) is 7.75. The average molecular weight is 805 g/mol. The first-order chi connectivity index (χ1) is 31.2. The van der Waals surface area contributed by atoms with E-state index in [0.717, 1.165) is 61.7 Å². The molecule has 0 unspecified atom stereocenters. The third-order valence-electron chi connectivity index (χ3n) is 12.9. The van der Waals surface area contributed by atoms with Crippen LogP contribution in [0.5, 0.6) is 11.5 Å². The van der Waals surface area contributed by atoms with Gasteiger partial charge in [0.15, 0.2) is 17.5 Å². The van der Waals surface area contributed by atoms with Gasteiger partial charge in [-0.1, -0.05) is 170 Å². The molecule has 0 radical (unpaired) electrons. The van der Waals surface area contributed by atoms with Crippen molar-refractivity contribution in [1.82, 2.24) is 19.5 Å². The van der Waals surface area contributed by atoms with Gasteiger partial charge in [0.05, 0.1) is 16.4 Å². The zero-order valence-corrected chi connectivity index (χ0v) is 34.0. The first-order valence-electron chi connectivity index (χ1n) is 21.4. The van der Waals surface area contributed by atoms with E-state index in [9.17, 15) is 0 Å². The predicted octanol–water partition coefficient (Wildman–Crippen LogP) is 14.1. The maximum absolute atomic E-state index is 6.71. The molecule has 0 bridgehead atoms. The number of hydrogen-bond acceptors (Lipinski definition) is 4. The Morgan fingerprint density at radius 1 is 0.349 bits per heavy atom. The normalized spacial score (nSPS) is 13.0. The molecule has 2 aromatic heterocycles. The standard InChI is InChI=1S/C58H36N4O/c1-4-17-37(18-5-1)55-59-56(38-19-6-2-7-20-38)61-57(60-55)40-31-33-46-45(36-40)54-42(24-16-27-49(54)58(46)47-25-11-14-29-52(47)63-53-30-15-12-26-48(53)58)39-32-34-51-44(35-39)43-23-10-13-28-50(43)62(51)41-21-8-3-9-22-41/h1-36H. The molecule has 2 aliphatic rings. The van der Waals surface area contributed by atoms with Gasteiger partial charge < -0.3 is 9.30 Å². The van der Waals surface area contributed by atoms with Gasteiger partial charge in [-0.05, 0) is 81.9 Å². The highest BCUT2D eigenvalue weighted by molar-refractivity contribution is 6.11. The molecule has 0 fully saturated rings. The predicted molar refractivity (Wildman–Crippen MR) is 253 cm³/mol. The highest BCUT2D eigenvalue weighted by Gasteiger charge is 2.51. The number of fused-ring (bicyclic) bond motifs is 12. The maximum Gasteiger partial charge on any atom is 0.164 e. The smallest absolute Gasteiger partial charge is 0.164 e. The second-order valence-corrected chi connectivity index (χ2v) is 16.3. The molecule has 63 heavy (non-hydrogen) atoms. The van der Waals surface area contributed by atoms with Crippen LogP contribution in [0, 0.1) is 0 Å². The van der Waals surface area contributed by atoms with Crippen molar-refractivity contribution in [2.24, 2.45) is 0 Å². The third-order valence-corrected chi connectivity index (χ3v) is 12.9. The Labute approximate surface area is 364 Å². The molecule has 1 spiro atoms. The van der Waals surface area contributed by atoms with E-state index in [-0.39, 0.29) is 0 Å². The van der Waals surface area contributed by atoms with Crippen molar-refractivity contribution in [3.63, 3.8) is 0 Å². The molecule has 0 saturated heterocycles. The summed E-state index contributed by atoms with van der Waals surface area (Å²) in [7, 11) is 0. The van der Waals surface area contributed by atoms with Crippen molar-refractivity contribution in [3.8, 4) is 73.6 Å². The van der Waals surface area contributed by atoms with E-state index in [1.807, 2.05) is 36.4 Å². The van der Waals surface area contributed by atoms with Crippen LogP contribution in [0.2, 0.25) is 0 Å². The summed E-state index contributed by atoms with van der Waals surface area (Å²) in [5.41, 5.74) is 14.9. The number of nitrogens with zero attached hydrogens (tertiary/aromatic N) is 4. The fraction of sp³-hybridized carbons (Fsp3) is 0.0172. The summed E-state index contributed by atoms with van der Waals surface area (Å²) < 4.78 is 9.08. The summed E-state index contributed by atoms with van der Waals surface area (Å²) in [6.45, 7) is 0. The van der Waals surface area contributed by atoms with Crippen molar-refractivity contribution in [3.05, 3.63) is 241 Å². The summed E-state index contributed by atoms with van der Waals surface area (Å²) in [6.07, 6.45) is 0. The first kappa shape index (κ1) is 35.4. The van der Waals surface area contributed by atoms with Crippen molar-refractivity contribution < 1.29 is 4.74 Å². The number of rotatable bonds is 5. The third kappa shape index (κ3) is 5.27. The largest absolute Gasteiger partial charge is 0.457 e. The van der Waals surface area contributed by atoms with E-state index in [0.29, 0.717) is 17.5 Å². The summed E-state index contributed by atoms with van der Waals surface area (Å²) in [5.74, 6) is 3.60. The Morgan fingerprint density at radius 3 is 1.57 bits per heavy atom. The molecule has 1 aliphatic heterocycles. The quantitative estimate of drug-likeness (QED) is 0.174. The van der Waals surface area contributed by atoms with Crippen molar-refractivity contribution in [1.29, 1.82) is 0 Å². The maximum atomic E-state index is 6.71. The molecule has 0 N–H and O–H groups in total. The van der Waals surface area contributed by atoms with E-state index in [2.05, 4.69) is 187 Å². The Morgan fingerprint density at radius 2 is 0.889 bits per heavy atom. The van der Waals surface area contributed by atoms with Crippen molar-refractivity contribution in [2.45, 2.75) is 5.41 Å². The van der Waals surface area contributed by atoms with E-state index in [1.165, 1.54) is 38.5 Å². The molecule has 3 heterocycles. The van der Waals surface area contributed by atoms with Gasteiger partial charge in [-0.15, -0.1) is 0 Å². The minimum absolute atomic E-state index is 0.619. The van der Waals surface area contributed by atoms with Gasteiger partial charge in [-0.25, -0.2) is 15.0 Å². The summed E-state index contributed by atoms with van der Waals surface area (Å²) in [5, 5.41) is 2.43. The monoisotopic (exact) mass is 804 g/mol. The van der Waals surface area contributed by atoms with Gasteiger partial charge in [0.25, 0.3) is 0 Å². The fourth-order valence-electron chi connectivity index (χ4n) is 10.3. The van der Waals surface area contributed by atoms with Crippen molar-refractivity contribution in [2.75, 3.05) is 0 Å². The second-order valence-electron chi connectivity index (χ2n) is 16.3. The zero-order chi connectivity index (χ0) is 41.5.